The number of rotatable bonds is 5. The fourth-order valence-electron chi connectivity index (χ4n) is 4.18. The third-order valence-corrected chi connectivity index (χ3v) is 5.87. The number of aromatic nitrogens is 6. The molecule has 4 heterocycles. The third-order valence-electron chi connectivity index (χ3n) is 5.87. The van der Waals surface area contributed by atoms with Crippen molar-refractivity contribution in [3.63, 3.8) is 0 Å². The van der Waals surface area contributed by atoms with Crippen LogP contribution in [0.3, 0.4) is 0 Å². The Kier molecular flexibility index (Phi) is 5.57. The largest absolute Gasteiger partial charge is 0.339 e. The average Bonchev–Trinajstić information content (AvgIpc) is 3.43. The molecule has 34 heavy (non-hydrogen) atoms. The van der Waals surface area contributed by atoms with Crippen molar-refractivity contribution in [2.75, 3.05) is 0 Å². The molecule has 2 atom stereocenters. The molecule has 0 bridgehead atoms. The molecule has 5 rings (SSSR count). The molecule has 3 N–H and O–H groups in total. The Morgan fingerprint density at radius 1 is 1.29 bits per heavy atom. The first-order chi connectivity index (χ1) is 16.4. The molecule has 1 aliphatic carbocycles. The first kappa shape index (κ1) is 21.8. The minimum absolute atomic E-state index is 0.0778. The van der Waals surface area contributed by atoms with Gasteiger partial charge < -0.3 is 10.3 Å². The fourth-order valence-corrected chi connectivity index (χ4v) is 4.18. The van der Waals surface area contributed by atoms with Crippen LogP contribution in [0.1, 0.15) is 39.8 Å². The molecule has 0 saturated heterocycles. The lowest BCUT2D eigenvalue weighted by Crippen LogP contribution is -2.38. The average molecular weight is 467 g/mol. The Morgan fingerprint density at radius 3 is 2.91 bits per heavy atom. The zero-order valence-electron chi connectivity index (χ0n) is 17.7. The van der Waals surface area contributed by atoms with Crippen LogP contribution < -0.4 is 11.3 Å². The minimum Gasteiger partial charge on any atom is -0.339 e. The molecule has 0 saturated carbocycles. The van der Waals surface area contributed by atoms with Gasteiger partial charge in [0.15, 0.2) is 0 Å². The predicted molar refractivity (Wildman–Crippen MR) is 114 cm³/mol. The molecule has 174 valence electrons. The van der Waals surface area contributed by atoms with E-state index in [1.54, 1.807) is 12.1 Å². The Labute approximate surface area is 190 Å². The first-order valence-corrected chi connectivity index (χ1v) is 10.6. The number of H-pyrrole nitrogens is 1. The van der Waals surface area contributed by atoms with E-state index in [2.05, 4.69) is 25.2 Å². The summed E-state index contributed by atoms with van der Waals surface area (Å²) in [5.74, 6) is -1.57. The SMILES string of the molecule is NC(Cc1nc(-c2ccc(F)cn2)no1)C(=O)n1[nH]c(=O)c2c1CCC(c1cccnc1F)C2. The molecule has 0 aliphatic heterocycles. The Bertz CT molecular complexity index is 1410. The topological polar surface area (TPSA) is 146 Å². The number of nitrogens with zero attached hydrogens (tertiary/aromatic N) is 5. The molecule has 0 aromatic carbocycles. The van der Waals surface area contributed by atoms with Gasteiger partial charge in [0.05, 0.1) is 24.4 Å². The van der Waals surface area contributed by atoms with E-state index in [1.165, 1.54) is 18.3 Å². The highest BCUT2D eigenvalue weighted by Gasteiger charge is 2.31. The molecule has 0 fully saturated rings. The van der Waals surface area contributed by atoms with E-state index < -0.39 is 29.3 Å². The van der Waals surface area contributed by atoms with Crippen molar-refractivity contribution >= 4 is 5.91 Å². The number of hydrogen-bond donors (Lipinski definition) is 2. The molecule has 10 nitrogen and oxygen atoms in total. The smallest absolute Gasteiger partial charge is 0.267 e. The number of fused-ring (bicyclic) bond motifs is 1. The fraction of sp³-hybridized carbons (Fsp3) is 0.273. The van der Waals surface area contributed by atoms with Crippen molar-refractivity contribution in [2.24, 2.45) is 5.73 Å². The summed E-state index contributed by atoms with van der Waals surface area (Å²) >= 11 is 0. The van der Waals surface area contributed by atoms with Crippen LogP contribution in [0.2, 0.25) is 0 Å². The van der Waals surface area contributed by atoms with Crippen LogP contribution in [0.4, 0.5) is 8.78 Å². The highest BCUT2D eigenvalue weighted by atomic mass is 19.1. The lowest BCUT2D eigenvalue weighted by atomic mass is 9.83. The van der Waals surface area contributed by atoms with Gasteiger partial charge in [-0.15, -0.1) is 0 Å². The molecule has 4 aromatic heterocycles. The third kappa shape index (κ3) is 4.03. The van der Waals surface area contributed by atoms with E-state index in [4.69, 9.17) is 10.3 Å². The van der Waals surface area contributed by atoms with Gasteiger partial charge in [0, 0.05) is 17.3 Å². The molecule has 0 radical (unpaired) electrons. The standard InChI is InChI=1S/C22H19F2N7O3/c23-12-4-5-16(27-10-12)20-28-18(34-30-20)9-15(25)22(33)31-17-6-3-11(8-14(17)21(32)29-31)13-2-1-7-26-19(13)24/h1-2,4-5,7,10-11,15H,3,6,8-9,25H2,(H,29,32). The molecular weight excluding hydrogens is 448 g/mol. The maximum atomic E-state index is 14.1. The monoisotopic (exact) mass is 467 g/mol. The summed E-state index contributed by atoms with van der Waals surface area (Å²) in [6, 6.07) is 4.85. The van der Waals surface area contributed by atoms with Crippen molar-refractivity contribution in [1.82, 2.24) is 29.9 Å². The van der Waals surface area contributed by atoms with Gasteiger partial charge >= 0.3 is 0 Å². The summed E-state index contributed by atoms with van der Waals surface area (Å²) in [7, 11) is 0. The van der Waals surface area contributed by atoms with Crippen LogP contribution in [0, 0.1) is 11.8 Å². The van der Waals surface area contributed by atoms with Crippen molar-refractivity contribution in [3.8, 4) is 11.5 Å². The summed E-state index contributed by atoms with van der Waals surface area (Å²) in [6.45, 7) is 0. The van der Waals surface area contributed by atoms with Crippen LogP contribution in [-0.4, -0.2) is 41.8 Å². The van der Waals surface area contributed by atoms with Gasteiger partial charge in [-0.2, -0.15) is 9.37 Å². The number of carbonyl (C=O) groups excluding carboxylic acids is 1. The molecule has 0 amide bonds. The lowest BCUT2D eigenvalue weighted by Gasteiger charge is -2.23. The number of carbonyl (C=O) groups is 1. The molecular formula is C22H19F2N7O3. The van der Waals surface area contributed by atoms with E-state index in [-0.39, 0.29) is 24.1 Å². The van der Waals surface area contributed by atoms with Gasteiger partial charge in [-0.25, -0.2) is 19.0 Å². The van der Waals surface area contributed by atoms with Gasteiger partial charge in [0.2, 0.25) is 17.7 Å². The highest BCUT2D eigenvalue weighted by molar-refractivity contribution is 5.84. The van der Waals surface area contributed by atoms with Gasteiger partial charge in [0.25, 0.3) is 11.5 Å². The summed E-state index contributed by atoms with van der Waals surface area (Å²) < 4.78 is 33.5. The van der Waals surface area contributed by atoms with Crippen LogP contribution in [-0.2, 0) is 19.3 Å². The van der Waals surface area contributed by atoms with Crippen molar-refractivity contribution < 1.29 is 18.1 Å². The summed E-state index contributed by atoms with van der Waals surface area (Å²) in [6.07, 6.45) is 3.56. The van der Waals surface area contributed by atoms with Gasteiger partial charge in [-0.3, -0.25) is 14.7 Å². The Morgan fingerprint density at radius 2 is 2.15 bits per heavy atom. The molecule has 1 aliphatic rings. The summed E-state index contributed by atoms with van der Waals surface area (Å²) in [4.78, 5) is 37.3. The van der Waals surface area contributed by atoms with E-state index in [9.17, 15) is 18.4 Å². The molecule has 12 heteroatoms. The zero-order valence-corrected chi connectivity index (χ0v) is 17.7. The zero-order chi connectivity index (χ0) is 23.8. The maximum Gasteiger partial charge on any atom is 0.267 e. The maximum absolute atomic E-state index is 14.1. The number of aromatic amines is 1. The van der Waals surface area contributed by atoms with Crippen LogP contribution >= 0.6 is 0 Å². The van der Waals surface area contributed by atoms with E-state index in [0.717, 1.165) is 10.9 Å². The first-order valence-electron chi connectivity index (χ1n) is 10.6. The summed E-state index contributed by atoms with van der Waals surface area (Å²) in [5, 5.41) is 6.34. The Hall–Kier alpha value is -4.06. The van der Waals surface area contributed by atoms with Crippen LogP contribution in [0.25, 0.3) is 11.5 Å². The second kappa shape index (κ2) is 8.71. The number of nitrogens with two attached hydrogens (primary N) is 1. The minimum atomic E-state index is -1.07. The number of pyridine rings is 2. The van der Waals surface area contributed by atoms with Crippen molar-refractivity contribution in [1.29, 1.82) is 0 Å². The molecule has 4 aromatic rings. The number of nitrogens with one attached hydrogen (secondary N) is 1. The number of halogens is 2. The Balaban J connectivity index is 1.32. The van der Waals surface area contributed by atoms with Gasteiger partial charge in [-0.05, 0) is 43.4 Å². The highest BCUT2D eigenvalue weighted by Crippen LogP contribution is 2.32. The van der Waals surface area contributed by atoms with Crippen molar-refractivity contribution in [3.05, 3.63) is 81.5 Å². The van der Waals surface area contributed by atoms with Gasteiger partial charge in [0.1, 0.15) is 11.5 Å². The van der Waals surface area contributed by atoms with E-state index >= 15 is 0 Å². The molecule has 2 unspecified atom stereocenters. The second-order valence-electron chi connectivity index (χ2n) is 8.05. The molecule has 0 spiro atoms. The van der Waals surface area contributed by atoms with Gasteiger partial charge in [-0.1, -0.05) is 11.2 Å². The second-order valence-corrected chi connectivity index (χ2v) is 8.05. The van der Waals surface area contributed by atoms with Crippen LogP contribution in [0.5, 0.6) is 0 Å². The quantitative estimate of drug-likeness (QED) is 0.423. The normalized spacial score (nSPS) is 16.3. The summed E-state index contributed by atoms with van der Waals surface area (Å²) in [5.41, 5.74) is 7.40. The lowest BCUT2D eigenvalue weighted by molar-refractivity contribution is 0.0853. The van der Waals surface area contributed by atoms with Crippen molar-refractivity contribution in [2.45, 2.75) is 37.6 Å². The van der Waals surface area contributed by atoms with Crippen LogP contribution in [0.15, 0.2) is 46.0 Å². The van der Waals surface area contributed by atoms with E-state index in [1.807, 2.05) is 0 Å². The predicted octanol–water partition coefficient (Wildman–Crippen LogP) is 1.78. The number of hydrogen-bond acceptors (Lipinski definition) is 8. The van der Waals surface area contributed by atoms with E-state index in [0.29, 0.717) is 41.8 Å².